The quantitative estimate of drug-likeness (QED) is 0.398. The topological polar surface area (TPSA) is 133 Å². The van der Waals surface area contributed by atoms with Crippen molar-refractivity contribution in [1.82, 2.24) is 19.9 Å². The number of H-pyrrole nitrogens is 2. The lowest BCUT2D eigenvalue weighted by molar-refractivity contribution is 0.602. The van der Waals surface area contributed by atoms with Crippen LogP contribution in [-0.4, -0.2) is 34.6 Å². The third kappa shape index (κ3) is 4.11. The number of aromatic nitrogens is 4. The van der Waals surface area contributed by atoms with E-state index in [9.17, 15) is 13.2 Å². The van der Waals surface area contributed by atoms with Gasteiger partial charge in [-0.2, -0.15) is 4.98 Å². The number of aryl methyl sites for hydroxylation is 1. The van der Waals surface area contributed by atoms with Gasteiger partial charge in [0.15, 0.2) is 9.84 Å². The van der Waals surface area contributed by atoms with Gasteiger partial charge in [-0.1, -0.05) is 6.07 Å². The number of benzene rings is 2. The van der Waals surface area contributed by atoms with Gasteiger partial charge in [0.05, 0.1) is 15.9 Å². The fourth-order valence-electron chi connectivity index (χ4n) is 2.81. The fraction of sp³-hybridized carbons (Fsp3) is 0.105. The van der Waals surface area contributed by atoms with E-state index in [0.717, 1.165) is 17.5 Å². The highest BCUT2D eigenvalue weighted by Crippen LogP contribution is 2.23. The van der Waals surface area contributed by atoms with Gasteiger partial charge in [0.1, 0.15) is 5.82 Å². The van der Waals surface area contributed by atoms with Gasteiger partial charge in [0.25, 0.3) is 0 Å². The summed E-state index contributed by atoms with van der Waals surface area (Å²) < 4.78 is 23.5. The molecule has 0 fully saturated rings. The van der Waals surface area contributed by atoms with E-state index in [1.165, 1.54) is 12.1 Å². The van der Waals surface area contributed by atoms with Crippen molar-refractivity contribution in [2.75, 3.05) is 16.9 Å². The van der Waals surface area contributed by atoms with Crippen molar-refractivity contribution in [3.05, 3.63) is 64.7 Å². The van der Waals surface area contributed by atoms with E-state index in [-0.39, 0.29) is 10.6 Å². The molecule has 0 saturated heterocycles. The first-order valence-electron chi connectivity index (χ1n) is 8.68. The average Bonchev–Trinajstić information content (AvgIpc) is 3.03. The number of sulfone groups is 1. The van der Waals surface area contributed by atoms with E-state index in [1.54, 1.807) is 30.5 Å². The van der Waals surface area contributed by atoms with Gasteiger partial charge in [0.2, 0.25) is 5.95 Å². The molecule has 148 valence electrons. The highest BCUT2D eigenvalue weighted by atomic mass is 32.2. The van der Waals surface area contributed by atoms with Crippen molar-refractivity contribution < 1.29 is 8.42 Å². The minimum Gasteiger partial charge on any atom is -0.340 e. The fourth-order valence-corrected chi connectivity index (χ4v) is 3.48. The Kier molecular flexibility index (Phi) is 4.55. The lowest BCUT2D eigenvalue weighted by Gasteiger charge is -2.11. The van der Waals surface area contributed by atoms with Crippen LogP contribution in [0.15, 0.2) is 58.4 Å². The van der Waals surface area contributed by atoms with Crippen LogP contribution >= 0.6 is 0 Å². The molecular weight excluding hydrogens is 392 g/mol. The number of nitrogens with zero attached hydrogens (tertiary/aromatic N) is 2. The van der Waals surface area contributed by atoms with Crippen LogP contribution in [0.25, 0.3) is 11.0 Å². The molecule has 4 N–H and O–H groups in total. The van der Waals surface area contributed by atoms with Crippen LogP contribution in [0.1, 0.15) is 5.56 Å². The molecule has 9 nitrogen and oxygen atoms in total. The predicted molar refractivity (Wildman–Crippen MR) is 112 cm³/mol. The van der Waals surface area contributed by atoms with E-state index < -0.39 is 9.84 Å². The number of rotatable bonds is 5. The van der Waals surface area contributed by atoms with Gasteiger partial charge in [-0.15, -0.1) is 0 Å². The van der Waals surface area contributed by atoms with Crippen molar-refractivity contribution in [3.8, 4) is 0 Å². The summed E-state index contributed by atoms with van der Waals surface area (Å²) in [6, 6.07) is 11.9. The first-order chi connectivity index (χ1) is 13.8. The van der Waals surface area contributed by atoms with Gasteiger partial charge in [0, 0.05) is 29.4 Å². The Labute approximate surface area is 166 Å². The van der Waals surface area contributed by atoms with Crippen LogP contribution < -0.4 is 16.3 Å². The molecule has 0 spiro atoms. The second-order valence-corrected chi connectivity index (χ2v) is 8.63. The molecule has 0 aliphatic carbocycles. The number of aromatic amines is 2. The predicted octanol–water partition coefficient (Wildman–Crippen LogP) is 2.85. The second kappa shape index (κ2) is 7.06. The molecule has 0 aliphatic heterocycles. The van der Waals surface area contributed by atoms with Crippen molar-refractivity contribution >= 4 is 44.0 Å². The van der Waals surface area contributed by atoms with Crippen molar-refractivity contribution in [2.45, 2.75) is 11.8 Å². The summed E-state index contributed by atoms with van der Waals surface area (Å²) in [7, 11) is -3.31. The Balaban J connectivity index is 1.61. The normalized spacial score (nSPS) is 11.5. The van der Waals surface area contributed by atoms with Gasteiger partial charge in [-0.05, 0) is 43.3 Å². The highest BCUT2D eigenvalue weighted by Gasteiger charge is 2.10. The van der Waals surface area contributed by atoms with Crippen molar-refractivity contribution in [1.29, 1.82) is 0 Å². The first kappa shape index (κ1) is 18.7. The summed E-state index contributed by atoms with van der Waals surface area (Å²) >= 11 is 0. The molecule has 2 heterocycles. The molecule has 0 unspecified atom stereocenters. The summed E-state index contributed by atoms with van der Waals surface area (Å²) in [6.07, 6.45) is 2.82. The summed E-state index contributed by atoms with van der Waals surface area (Å²) in [4.78, 5) is 25.8. The Morgan fingerprint density at radius 3 is 2.52 bits per heavy atom. The Morgan fingerprint density at radius 2 is 1.72 bits per heavy atom. The molecule has 29 heavy (non-hydrogen) atoms. The van der Waals surface area contributed by atoms with Crippen molar-refractivity contribution in [2.24, 2.45) is 0 Å². The van der Waals surface area contributed by atoms with Gasteiger partial charge >= 0.3 is 5.69 Å². The van der Waals surface area contributed by atoms with Crippen LogP contribution in [0.4, 0.5) is 23.1 Å². The lowest BCUT2D eigenvalue weighted by atomic mass is 10.2. The Hall–Kier alpha value is -3.66. The molecule has 0 amide bonds. The van der Waals surface area contributed by atoms with Crippen LogP contribution in [0.5, 0.6) is 0 Å². The highest BCUT2D eigenvalue weighted by molar-refractivity contribution is 7.90. The molecule has 10 heteroatoms. The van der Waals surface area contributed by atoms with E-state index >= 15 is 0 Å². The Morgan fingerprint density at radius 1 is 0.966 bits per heavy atom. The van der Waals surface area contributed by atoms with Gasteiger partial charge < -0.3 is 20.6 Å². The summed E-state index contributed by atoms with van der Waals surface area (Å²) in [6.45, 7) is 1.87. The van der Waals surface area contributed by atoms with Crippen LogP contribution in [0.2, 0.25) is 0 Å². The zero-order chi connectivity index (χ0) is 20.6. The Bertz CT molecular complexity index is 1370. The number of hydrogen-bond donors (Lipinski definition) is 4. The van der Waals surface area contributed by atoms with E-state index in [1.807, 2.05) is 13.0 Å². The maximum Gasteiger partial charge on any atom is 0.323 e. The lowest BCUT2D eigenvalue weighted by Crippen LogP contribution is -2.03. The zero-order valence-electron chi connectivity index (χ0n) is 15.6. The van der Waals surface area contributed by atoms with Gasteiger partial charge in [-0.3, -0.25) is 0 Å². The van der Waals surface area contributed by atoms with E-state index in [2.05, 4.69) is 30.6 Å². The maximum atomic E-state index is 11.7. The number of fused-ring (bicyclic) bond motifs is 1. The van der Waals surface area contributed by atoms with Crippen LogP contribution in [-0.2, 0) is 9.84 Å². The molecule has 4 aromatic rings. The number of hydrogen-bond acceptors (Lipinski definition) is 7. The van der Waals surface area contributed by atoms with Crippen LogP contribution in [0.3, 0.4) is 0 Å². The molecule has 0 saturated carbocycles. The number of anilines is 4. The summed E-state index contributed by atoms with van der Waals surface area (Å²) in [5.41, 5.74) is 3.27. The number of imidazole rings is 1. The molecule has 0 atom stereocenters. The molecule has 0 bridgehead atoms. The average molecular weight is 410 g/mol. The third-order valence-corrected chi connectivity index (χ3v) is 5.38. The summed E-state index contributed by atoms with van der Waals surface area (Å²) in [5, 5.41) is 6.24. The standard InChI is InChI=1S/C19H18N6O3S/c1-11-10-20-18(22-12-4-3-5-14(8-12)29(2,27)28)25-17(11)21-13-6-7-15-16(9-13)24-19(26)23-15/h3-10H,1-2H3,(H2,23,24,26)(H2,20,21,22,25). The van der Waals surface area contributed by atoms with Gasteiger partial charge in [-0.25, -0.2) is 18.2 Å². The zero-order valence-corrected chi connectivity index (χ0v) is 16.5. The minimum absolute atomic E-state index is 0.210. The van der Waals surface area contributed by atoms with Crippen molar-refractivity contribution in [3.63, 3.8) is 0 Å². The first-order valence-corrected chi connectivity index (χ1v) is 10.6. The van der Waals surface area contributed by atoms with E-state index in [4.69, 9.17) is 0 Å². The molecule has 2 aromatic carbocycles. The monoisotopic (exact) mass is 410 g/mol. The smallest absolute Gasteiger partial charge is 0.323 e. The number of nitrogens with one attached hydrogen (secondary N) is 4. The molecule has 0 aliphatic rings. The van der Waals surface area contributed by atoms with E-state index in [0.29, 0.717) is 28.5 Å². The third-order valence-electron chi connectivity index (χ3n) is 4.27. The molecule has 2 aromatic heterocycles. The molecule has 4 rings (SSSR count). The summed E-state index contributed by atoms with van der Waals surface area (Å²) in [5.74, 6) is 0.902. The molecular formula is C19H18N6O3S. The second-order valence-electron chi connectivity index (χ2n) is 6.61. The maximum absolute atomic E-state index is 11.7. The van der Waals surface area contributed by atoms with Crippen LogP contribution in [0, 0.1) is 6.92 Å². The SMILES string of the molecule is Cc1cnc(Nc2cccc(S(C)(=O)=O)c2)nc1Nc1ccc2[nH]c(=O)[nH]c2c1. The minimum atomic E-state index is -3.31. The largest absolute Gasteiger partial charge is 0.340 e. The molecule has 0 radical (unpaired) electrons.